The highest BCUT2D eigenvalue weighted by Crippen LogP contribution is 2.34. The number of aliphatic hydroxyl groups is 1. The van der Waals surface area contributed by atoms with E-state index in [0.717, 1.165) is 5.56 Å². The molecule has 108 valence electrons. The van der Waals surface area contributed by atoms with Gasteiger partial charge >= 0.3 is 0 Å². The molecule has 0 bridgehead atoms. The molecule has 0 saturated carbocycles. The lowest BCUT2D eigenvalue weighted by molar-refractivity contribution is -0.0990. The van der Waals surface area contributed by atoms with Gasteiger partial charge in [0.2, 0.25) is 0 Å². The van der Waals surface area contributed by atoms with Gasteiger partial charge in [-0.3, -0.25) is 0 Å². The fourth-order valence-electron chi connectivity index (χ4n) is 1.90. The lowest BCUT2D eigenvalue weighted by atomic mass is 9.94. The summed E-state index contributed by atoms with van der Waals surface area (Å²) >= 11 is 0. The second kappa shape index (κ2) is 7.48. The molecule has 0 heterocycles. The summed E-state index contributed by atoms with van der Waals surface area (Å²) in [6.07, 6.45) is -0.744. The molecule has 1 atom stereocenters. The number of hydrogen-bond donors (Lipinski definition) is 1. The van der Waals surface area contributed by atoms with Crippen molar-refractivity contribution in [1.29, 1.82) is 0 Å². The van der Waals surface area contributed by atoms with E-state index in [4.69, 9.17) is 14.2 Å². The van der Waals surface area contributed by atoms with Gasteiger partial charge in [-0.25, -0.2) is 0 Å². The molecule has 0 aliphatic rings. The first-order chi connectivity index (χ1) is 9.03. The smallest absolute Gasteiger partial charge is 0.125 e. The molecule has 0 aliphatic carbocycles. The second-order valence-electron chi connectivity index (χ2n) is 4.82. The van der Waals surface area contributed by atoms with Gasteiger partial charge in [-0.1, -0.05) is 18.2 Å². The SMILES string of the molecule is CCOC(C)(C)C(O)c1ccccc1OCCOC. The van der Waals surface area contributed by atoms with Gasteiger partial charge in [0, 0.05) is 19.3 Å². The van der Waals surface area contributed by atoms with Crippen LogP contribution < -0.4 is 4.74 Å². The highest BCUT2D eigenvalue weighted by Gasteiger charge is 2.31. The summed E-state index contributed by atoms with van der Waals surface area (Å²) in [5.74, 6) is 0.667. The van der Waals surface area contributed by atoms with Crippen LogP contribution in [0.1, 0.15) is 32.4 Å². The molecule has 0 aromatic heterocycles. The minimum absolute atomic E-state index is 0.454. The fraction of sp³-hybridized carbons (Fsp3) is 0.600. The van der Waals surface area contributed by atoms with Gasteiger partial charge in [-0.05, 0) is 26.8 Å². The zero-order valence-electron chi connectivity index (χ0n) is 12.2. The summed E-state index contributed by atoms with van der Waals surface area (Å²) in [5.41, 5.74) is 0.0761. The van der Waals surface area contributed by atoms with E-state index in [1.54, 1.807) is 7.11 Å². The molecule has 1 N–H and O–H groups in total. The Hall–Kier alpha value is -1.10. The molecule has 4 heteroatoms. The van der Waals surface area contributed by atoms with Crippen molar-refractivity contribution in [3.8, 4) is 5.75 Å². The number of hydrogen-bond acceptors (Lipinski definition) is 4. The van der Waals surface area contributed by atoms with E-state index in [1.807, 2.05) is 45.0 Å². The maximum absolute atomic E-state index is 10.5. The van der Waals surface area contributed by atoms with Crippen molar-refractivity contribution in [2.75, 3.05) is 26.9 Å². The number of benzene rings is 1. The van der Waals surface area contributed by atoms with E-state index in [-0.39, 0.29) is 0 Å². The van der Waals surface area contributed by atoms with Crippen molar-refractivity contribution in [2.45, 2.75) is 32.5 Å². The third-order valence-electron chi connectivity index (χ3n) is 2.93. The zero-order chi connectivity index (χ0) is 14.3. The van der Waals surface area contributed by atoms with Crippen LogP contribution in [0.5, 0.6) is 5.75 Å². The van der Waals surface area contributed by atoms with Crippen LogP contribution in [-0.2, 0) is 9.47 Å². The Kier molecular flexibility index (Phi) is 6.28. The van der Waals surface area contributed by atoms with Crippen molar-refractivity contribution in [1.82, 2.24) is 0 Å². The fourth-order valence-corrected chi connectivity index (χ4v) is 1.90. The minimum Gasteiger partial charge on any atom is -0.491 e. The van der Waals surface area contributed by atoms with E-state index >= 15 is 0 Å². The second-order valence-corrected chi connectivity index (χ2v) is 4.82. The highest BCUT2D eigenvalue weighted by molar-refractivity contribution is 5.36. The average molecular weight is 268 g/mol. The zero-order valence-corrected chi connectivity index (χ0v) is 12.2. The molecule has 0 radical (unpaired) electrons. The molecule has 19 heavy (non-hydrogen) atoms. The van der Waals surface area contributed by atoms with E-state index in [9.17, 15) is 5.11 Å². The molecule has 0 amide bonds. The van der Waals surface area contributed by atoms with E-state index < -0.39 is 11.7 Å². The van der Waals surface area contributed by atoms with Gasteiger partial charge in [0.05, 0.1) is 12.2 Å². The summed E-state index contributed by atoms with van der Waals surface area (Å²) in [4.78, 5) is 0. The number of ether oxygens (including phenoxy) is 3. The van der Waals surface area contributed by atoms with Crippen LogP contribution >= 0.6 is 0 Å². The Morgan fingerprint density at radius 2 is 1.89 bits per heavy atom. The predicted molar refractivity (Wildman–Crippen MR) is 74.5 cm³/mol. The van der Waals surface area contributed by atoms with Crippen LogP contribution in [0.3, 0.4) is 0 Å². The molecule has 4 nitrogen and oxygen atoms in total. The number of aliphatic hydroxyl groups excluding tert-OH is 1. The molecular formula is C15H24O4. The van der Waals surface area contributed by atoms with Gasteiger partial charge in [0.15, 0.2) is 0 Å². The first-order valence-electron chi connectivity index (χ1n) is 6.55. The van der Waals surface area contributed by atoms with Gasteiger partial charge in [-0.2, -0.15) is 0 Å². The summed E-state index contributed by atoms with van der Waals surface area (Å²) < 4.78 is 16.2. The average Bonchev–Trinajstić information content (AvgIpc) is 2.39. The molecule has 1 rings (SSSR count). The predicted octanol–water partition coefficient (Wildman–Crippen LogP) is 2.56. The highest BCUT2D eigenvalue weighted by atomic mass is 16.5. The van der Waals surface area contributed by atoms with Crippen molar-refractivity contribution in [3.05, 3.63) is 29.8 Å². The Morgan fingerprint density at radius 3 is 2.53 bits per heavy atom. The molecular weight excluding hydrogens is 244 g/mol. The van der Waals surface area contributed by atoms with Crippen LogP contribution in [0, 0.1) is 0 Å². The standard InChI is InChI=1S/C15H24O4/c1-5-19-15(2,3)14(16)12-8-6-7-9-13(12)18-11-10-17-4/h6-9,14,16H,5,10-11H2,1-4H3. The van der Waals surface area contributed by atoms with Crippen LogP contribution in [-0.4, -0.2) is 37.6 Å². The van der Waals surface area contributed by atoms with Crippen LogP contribution in [0.25, 0.3) is 0 Å². The minimum atomic E-state index is -0.744. The largest absolute Gasteiger partial charge is 0.491 e. The first kappa shape index (κ1) is 16.0. The van der Waals surface area contributed by atoms with Gasteiger partial charge in [-0.15, -0.1) is 0 Å². The quantitative estimate of drug-likeness (QED) is 0.736. The van der Waals surface area contributed by atoms with Crippen molar-refractivity contribution in [3.63, 3.8) is 0 Å². The van der Waals surface area contributed by atoms with Crippen LogP contribution in [0.15, 0.2) is 24.3 Å². The molecule has 1 aromatic carbocycles. The van der Waals surface area contributed by atoms with Crippen LogP contribution in [0.4, 0.5) is 0 Å². The topological polar surface area (TPSA) is 47.9 Å². The molecule has 0 saturated heterocycles. The Morgan fingerprint density at radius 1 is 1.21 bits per heavy atom. The lowest BCUT2D eigenvalue weighted by Crippen LogP contribution is -2.33. The molecule has 1 unspecified atom stereocenters. The molecule has 0 aliphatic heterocycles. The normalized spacial score (nSPS) is 13.3. The third kappa shape index (κ3) is 4.49. The Labute approximate surface area is 115 Å². The summed E-state index contributed by atoms with van der Waals surface area (Å²) in [5, 5.41) is 10.5. The Balaban J connectivity index is 2.86. The van der Waals surface area contributed by atoms with Gasteiger partial charge < -0.3 is 19.3 Å². The van der Waals surface area contributed by atoms with Crippen molar-refractivity contribution in [2.24, 2.45) is 0 Å². The van der Waals surface area contributed by atoms with E-state index in [0.29, 0.717) is 25.6 Å². The number of methoxy groups -OCH3 is 1. The third-order valence-corrected chi connectivity index (χ3v) is 2.93. The summed E-state index contributed by atoms with van der Waals surface area (Å²) in [6.45, 7) is 7.17. The number of para-hydroxylation sites is 1. The summed E-state index contributed by atoms with van der Waals surface area (Å²) in [7, 11) is 1.63. The lowest BCUT2D eigenvalue weighted by Gasteiger charge is -2.31. The summed E-state index contributed by atoms with van der Waals surface area (Å²) in [6, 6.07) is 7.46. The maximum Gasteiger partial charge on any atom is 0.125 e. The van der Waals surface area contributed by atoms with Gasteiger partial charge in [0.1, 0.15) is 18.5 Å². The molecule has 1 aromatic rings. The van der Waals surface area contributed by atoms with E-state index in [1.165, 1.54) is 0 Å². The maximum atomic E-state index is 10.5. The Bertz CT molecular complexity index is 376. The van der Waals surface area contributed by atoms with Crippen molar-refractivity contribution < 1.29 is 19.3 Å². The first-order valence-corrected chi connectivity index (χ1v) is 6.55. The monoisotopic (exact) mass is 268 g/mol. The van der Waals surface area contributed by atoms with Gasteiger partial charge in [0.25, 0.3) is 0 Å². The van der Waals surface area contributed by atoms with E-state index in [2.05, 4.69) is 0 Å². The molecule has 0 spiro atoms. The van der Waals surface area contributed by atoms with Crippen LogP contribution in [0.2, 0.25) is 0 Å². The molecule has 0 fully saturated rings. The number of rotatable bonds is 8. The van der Waals surface area contributed by atoms with Crippen molar-refractivity contribution >= 4 is 0 Å².